The number of hydrogen-bond donors (Lipinski definition) is 0. The first-order chi connectivity index (χ1) is 16.2. The third-order valence-electron chi connectivity index (χ3n) is 5.86. The van der Waals surface area contributed by atoms with Crippen LogP contribution in [0.5, 0.6) is 0 Å². The van der Waals surface area contributed by atoms with Gasteiger partial charge in [0.1, 0.15) is 0 Å². The second-order valence-corrected chi connectivity index (χ2v) is 7.91. The standard InChI is InChI=1S/C24H23N7O2/c32-22-17-21(29-13-15-30(16-14-29)24-25-11-4-12-26-24)23(33)31(22)20-9-7-19(8-10-20)28-27-18-5-2-1-3-6-18/h1-12,21H,13-17H2. The van der Waals surface area contributed by atoms with E-state index in [0.29, 0.717) is 43.5 Å². The number of azo groups is 1. The molecule has 0 saturated carbocycles. The van der Waals surface area contributed by atoms with Gasteiger partial charge >= 0.3 is 0 Å². The van der Waals surface area contributed by atoms with E-state index < -0.39 is 6.04 Å². The quantitative estimate of drug-likeness (QED) is 0.445. The molecule has 3 aromatic rings. The average molecular weight is 441 g/mol. The SMILES string of the molecule is O=C1CC(N2CCN(c3ncccn3)CC2)C(=O)N1c1ccc(N=Nc2ccccc2)cc1. The van der Waals surface area contributed by atoms with Crippen molar-refractivity contribution in [2.45, 2.75) is 12.5 Å². The molecule has 2 amide bonds. The van der Waals surface area contributed by atoms with Gasteiger partial charge in [-0.05, 0) is 42.5 Å². The molecule has 2 aromatic carbocycles. The molecular formula is C24H23N7O2. The second-order valence-electron chi connectivity index (χ2n) is 7.91. The van der Waals surface area contributed by atoms with E-state index in [0.717, 1.165) is 5.69 Å². The molecule has 2 aliphatic rings. The Labute approximate surface area is 191 Å². The smallest absolute Gasteiger partial charge is 0.251 e. The summed E-state index contributed by atoms with van der Waals surface area (Å²) in [5, 5.41) is 8.41. The summed E-state index contributed by atoms with van der Waals surface area (Å²) in [7, 11) is 0. The van der Waals surface area contributed by atoms with Gasteiger partial charge in [-0.1, -0.05) is 18.2 Å². The fourth-order valence-electron chi connectivity index (χ4n) is 4.14. The molecule has 0 N–H and O–H groups in total. The summed E-state index contributed by atoms with van der Waals surface area (Å²) in [6.07, 6.45) is 3.64. The Kier molecular flexibility index (Phi) is 5.86. The zero-order valence-corrected chi connectivity index (χ0v) is 18.0. The maximum absolute atomic E-state index is 13.1. The zero-order valence-electron chi connectivity index (χ0n) is 18.0. The minimum Gasteiger partial charge on any atom is -0.338 e. The first kappa shape index (κ1) is 20.9. The van der Waals surface area contributed by atoms with Gasteiger partial charge in [-0.2, -0.15) is 10.2 Å². The van der Waals surface area contributed by atoms with Gasteiger partial charge in [0.2, 0.25) is 11.9 Å². The van der Waals surface area contributed by atoms with Crippen LogP contribution in [0.4, 0.5) is 23.0 Å². The van der Waals surface area contributed by atoms with Crippen molar-refractivity contribution in [1.82, 2.24) is 14.9 Å². The number of piperazine rings is 1. The van der Waals surface area contributed by atoms with Gasteiger partial charge in [0.25, 0.3) is 5.91 Å². The molecule has 166 valence electrons. The number of hydrogen-bond acceptors (Lipinski definition) is 8. The van der Waals surface area contributed by atoms with Crippen LogP contribution < -0.4 is 9.80 Å². The highest BCUT2D eigenvalue weighted by Gasteiger charge is 2.43. The Morgan fingerprint density at radius 2 is 1.39 bits per heavy atom. The molecule has 5 rings (SSSR count). The number of nitrogens with zero attached hydrogens (tertiary/aromatic N) is 7. The topological polar surface area (TPSA) is 94.4 Å². The predicted octanol–water partition coefficient (Wildman–Crippen LogP) is 3.35. The van der Waals surface area contributed by atoms with Crippen molar-refractivity contribution in [3.05, 3.63) is 73.1 Å². The van der Waals surface area contributed by atoms with Gasteiger partial charge in [0.05, 0.1) is 29.5 Å². The molecule has 2 saturated heterocycles. The lowest BCUT2D eigenvalue weighted by molar-refractivity contribution is -0.123. The molecule has 33 heavy (non-hydrogen) atoms. The molecule has 1 unspecified atom stereocenters. The van der Waals surface area contributed by atoms with Crippen LogP contribution in [0.15, 0.2) is 83.3 Å². The Bertz CT molecular complexity index is 1140. The molecule has 0 bridgehead atoms. The third-order valence-corrected chi connectivity index (χ3v) is 5.86. The summed E-state index contributed by atoms with van der Waals surface area (Å²) >= 11 is 0. The van der Waals surface area contributed by atoms with Gasteiger partial charge in [-0.3, -0.25) is 14.5 Å². The van der Waals surface area contributed by atoms with Crippen molar-refractivity contribution in [2.75, 3.05) is 36.0 Å². The Hall–Kier alpha value is -3.98. The number of aromatic nitrogens is 2. The van der Waals surface area contributed by atoms with E-state index >= 15 is 0 Å². The first-order valence-electron chi connectivity index (χ1n) is 10.9. The maximum atomic E-state index is 13.1. The van der Waals surface area contributed by atoms with E-state index in [1.807, 2.05) is 30.3 Å². The Balaban J connectivity index is 1.23. The molecule has 0 spiro atoms. The van der Waals surface area contributed by atoms with E-state index in [1.165, 1.54) is 4.90 Å². The Morgan fingerprint density at radius 3 is 2.06 bits per heavy atom. The van der Waals surface area contributed by atoms with Crippen LogP contribution in [0.2, 0.25) is 0 Å². The molecule has 2 aliphatic heterocycles. The number of benzene rings is 2. The summed E-state index contributed by atoms with van der Waals surface area (Å²) in [6, 6.07) is 17.8. The minimum atomic E-state index is -0.436. The first-order valence-corrected chi connectivity index (χ1v) is 10.9. The molecule has 9 nitrogen and oxygen atoms in total. The van der Waals surface area contributed by atoms with E-state index in [1.54, 1.807) is 42.7 Å². The van der Waals surface area contributed by atoms with Crippen molar-refractivity contribution in [3.63, 3.8) is 0 Å². The third kappa shape index (κ3) is 4.49. The molecule has 0 radical (unpaired) electrons. The molecule has 0 aliphatic carbocycles. The van der Waals surface area contributed by atoms with Crippen molar-refractivity contribution in [3.8, 4) is 0 Å². The normalized spacial score (nSPS) is 19.6. The summed E-state index contributed by atoms with van der Waals surface area (Å²) in [6.45, 7) is 2.77. The molecule has 1 aromatic heterocycles. The Morgan fingerprint density at radius 1 is 0.758 bits per heavy atom. The summed E-state index contributed by atoms with van der Waals surface area (Å²) in [5.74, 6) is 0.331. The fourth-order valence-corrected chi connectivity index (χ4v) is 4.14. The van der Waals surface area contributed by atoms with Gasteiger partial charge in [0, 0.05) is 38.6 Å². The summed E-state index contributed by atoms with van der Waals surface area (Å²) < 4.78 is 0. The van der Waals surface area contributed by atoms with Gasteiger partial charge in [0.15, 0.2) is 0 Å². The van der Waals surface area contributed by atoms with Crippen molar-refractivity contribution in [1.29, 1.82) is 0 Å². The number of rotatable bonds is 5. The fraction of sp³-hybridized carbons (Fsp3) is 0.250. The lowest BCUT2D eigenvalue weighted by Crippen LogP contribution is -2.53. The average Bonchev–Trinajstić information content (AvgIpc) is 3.18. The van der Waals surface area contributed by atoms with Gasteiger partial charge in [-0.15, -0.1) is 0 Å². The zero-order chi connectivity index (χ0) is 22.6. The largest absolute Gasteiger partial charge is 0.338 e. The monoisotopic (exact) mass is 441 g/mol. The number of imide groups is 1. The molecule has 3 heterocycles. The van der Waals surface area contributed by atoms with E-state index in [-0.39, 0.29) is 18.2 Å². The van der Waals surface area contributed by atoms with Crippen LogP contribution in [-0.2, 0) is 9.59 Å². The van der Waals surface area contributed by atoms with E-state index in [2.05, 4.69) is 30.0 Å². The number of amides is 2. The summed E-state index contributed by atoms with van der Waals surface area (Å²) in [5.41, 5.74) is 1.97. The van der Waals surface area contributed by atoms with Crippen molar-refractivity contribution in [2.24, 2.45) is 10.2 Å². The van der Waals surface area contributed by atoms with Crippen LogP contribution in [-0.4, -0.2) is 58.9 Å². The molecular weight excluding hydrogens is 418 g/mol. The van der Waals surface area contributed by atoms with Gasteiger partial charge in [-0.25, -0.2) is 14.9 Å². The van der Waals surface area contributed by atoms with Crippen molar-refractivity contribution >= 4 is 34.8 Å². The predicted molar refractivity (Wildman–Crippen MR) is 124 cm³/mol. The molecule has 2 fully saturated rings. The van der Waals surface area contributed by atoms with Crippen LogP contribution in [0.1, 0.15) is 6.42 Å². The van der Waals surface area contributed by atoms with Crippen LogP contribution >= 0.6 is 0 Å². The summed E-state index contributed by atoms with van der Waals surface area (Å²) in [4.78, 5) is 39.9. The number of carbonyl (C=O) groups is 2. The molecule has 1 atom stereocenters. The highest BCUT2D eigenvalue weighted by molar-refractivity contribution is 6.22. The van der Waals surface area contributed by atoms with Crippen molar-refractivity contribution < 1.29 is 9.59 Å². The van der Waals surface area contributed by atoms with Crippen LogP contribution in [0.25, 0.3) is 0 Å². The highest BCUT2D eigenvalue weighted by atomic mass is 16.2. The van der Waals surface area contributed by atoms with E-state index in [9.17, 15) is 9.59 Å². The highest BCUT2D eigenvalue weighted by Crippen LogP contribution is 2.28. The second kappa shape index (κ2) is 9.25. The number of anilines is 2. The maximum Gasteiger partial charge on any atom is 0.251 e. The lowest BCUT2D eigenvalue weighted by Gasteiger charge is -2.36. The van der Waals surface area contributed by atoms with Gasteiger partial charge < -0.3 is 4.90 Å². The van der Waals surface area contributed by atoms with Crippen LogP contribution in [0.3, 0.4) is 0 Å². The lowest BCUT2D eigenvalue weighted by atomic mass is 10.2. The van der Waals surface area contributed by atoms with Crippen LogP contribution in [0, 0.1) is 0 Å². The minimum absolute atomic E-state index is 0.178. The molecule has 9 heteroatoms. The number of carbonyl (C=O) groups excluding carboxylic acids is 2. The van der Waals surface area contributed by atoms with E-state index in [4.69, 9.17) is 0 Å².